The van der Waals surface area contributed by atoms with Gasteiger partial charge in [0.2, 0.25) is 0 Å². The fourth-order valence-corrected chi connectivity index (χ4v) is 1.66. The average Bonchev–Trinajstić information content (AvgIpc) is 2.76. The van der Waals surface area contributed by atoms with Crippen LogP contribution in [0.3, 0.4) is 0 Å². The lowest BCUT2D eigenvalue weighted by Crippen LogP contribution is -2.21. The Hall–Kier alpha value is -1.13. The zero-order valence-corrected chi connectivity index (χ0v) is 9.40. The number of furan rings is 1. The van der Waals surface area contributed by atoms with Crippen LogP contribution in [0.1, 0.15) is 42.5 Å². The standard InChI is InChI=1S/C12H16O4/c1-9(13)11-6-5-10(16-11)8-15-12-4-2-3-7-14-12/h5-6,12H,2-4,7-8H2,1H3. The smallest absolute Gasteiger partial charge is 0.194 e. The lowest BCUT2D eigenvalue weighted by atomic mass is 10.2. The molecule has 0 spiro atoms. The molecule has 1 aliphatic heterocycles. The Morgan fingerprint density at radius 2 is 2.38 bits per heavy atom. The molecule has 88 valence electrons. The van der Waals surface area contributed by atoms with E-state index in [2.05, 4.69) is 0 Å². The van der Waals surface area contributed by atoms with Crippen LogP contribution in [0.5, 0.6) is 0 Å². The van der Waals surface area contributed by atoms with E-state index in [4.69, 9.17) is 13.9 Å². The summed E-state index contributed by atoms with van der Waals surface area (Å²) in [6, 6.07) is 3.43. The second kappa shape index (κ2) is 5.27. The van der Waals surface area contributed by atoms with Crippen LogP contribution in [0.15, 0.2) is 16.5 Å². The minimum atomic E-state index is -0.125. The van der Waals surface area contributed by atoms with Crippen LogP contribution in [-0.2, 0) is 16.1 Å². The molecule has 0 aromatic carbocycles. The van der Waals surface area contributed by atoms with Crippen LogP contribution in [-0.4, -0.2) is 18.7 Å². The first-order valence-corrected chi connectivity index (χ1v) is 5.58. The van der Waals surface area contributed by atoms with Crippen molar-refractivity contribution >= 4 is 5.78 Å². The lowest BCUT2D eigenvalue weighted by molar-refractivity contribution is -0.171. The maximum atomic E-state index is 11.0. The first-order valence-electron chi connectivity index (χ1n) is 5.58. The third kappa shape index (κ3) is 2.93. The summed E-state index contributed by atoms with van der Waals surface area (Å²) in [5.41, 5.74) is 0. The Morgan fingerprint density at radius 1 is 1.50 bits per heavy atom. The zero-order valence-electron chi connectivity index (χ0n) is 9.40. The van der Waals surface area contributed by atoms with Crippen LogP contribution in [0.4, 0.5) is 0 Å². The molecule has 4 nitrogen and oxygen atoms in total. The SMILES string of the molecule is CC(=O)c1ccc(COC2CCCCO2)o1. The Labute approximate surface area is 94.5 Å². The lowest BCUT2D eigenvalue weighted by Gasteiger charge is -2.22. The number of ether oxygens (including phenoxy) is 2. The molecule has 2 rings (SSSR count). The Kier molecular flexibility index (Phi) is 3.74. The number of hydrogen-bond acceptors (Lipinski definition) is 4. The topological polar surface area (TPSA) is 48.7 Å². The fourth-order valence-electron chi connectivity index (χ4n) is 1.66. The minimum absolute atomic E-state index is 0.0693. The number of carbonyl (C=O) groups is 1. The van der Waals surface area contributed by atoms with E-state index in [9.17, 15) is 4.79 Å². The molecular formula is C12H16O4. The third-order valence-electron chi connectivity index (χ3n) is 2.56. The molecule has 0 aliphatic carbocycles. The van der Waals surface area contributed by atoms with Gasteiger partial charge in [-0.05, 0) is 31.4 Å². The largest absolute Gasteiger partial charge is 0.456 e. The molecule has 1 aromatic rings. The highest BCUT2D eigenvalue weighted by molar-refractivity contribution is 5.91. The number of carbonyl (C=O) groups excluding carboxylic acids is 1. The molecule has 1 aliphatic rings. The minimum Gasteiger partial charge on any atom is -0.456 e. The van der Waals surface area contributed by atoms with Gasteiger partial charge in [0, 0.05) is 13.5 Å². The van der Waals surface area contributed by atoms with Gasteiger partial charge >= 0.3 is 0 Å². The molecule has 1 fully saturated rings. The van der Waals surface area contributed by atoms with E-state index in [1.165, 1.54) is 6.92 Å². The summed E-state index contributed by atoms with van der Waals surface area (Å²) in [5.74, 6) is 0.975. The molecule has 0 radical (unpaired) electrons. The highest BCUT2D eigenvalue weighted by Gasteiger charge is 2.15. The van der Waals surface area contributed by atoms with Crippen molar-refractivity contribution in [1.29, 1.82) is 0 Å². The van der Waals surface area contributed by atoms with Gasteiger partial charge in [0.15, 0.2) is 17.8 Å². The van der Waals surface area contributed by atoms with Gasteiger partial charge in [-0.3, -0.25) is 4.79 Å². The zero-order chi connectivity index (χ0) is 11.4. The van der Waals surface area contributed by atoms with Crippen molar-refractivity contribution in [2.75, 3.05) is 6.61 Å². The van der Waals surface area contributed by atoms with Gasteiger partial charge in [-0.25, -0.2) is 0 Å². The molecule has 0 saturated carbocycles. The molecule has 16 heavy (non-hydrogen) atoms. The van der Waals surface area contributed by atoms with E-state index >= 15 is 0 Å². The molecule has 1 aromatic heterocycles. The summed E-state index contributed by atoms with van der Waals surface area (Å²) < 4.78 is 16.3. The highest BCUT2D eigenvalue weighted by atomic mass is 16.7. The second-order valence-corrected chi connectivity index (χ2v) is 3.93. The number of rotatable bonds is 4. The Balaban J connectivity index is 1.81. The van der Waals surface area contributed by atoms with E-state index < -0.39 is 0 Å². The van der Waals surface area contributed by atoms with E-state index in [0.29, 0.717) is 18.1 Å². The van der Waals surface area contributed by atoms with E-state index in [1.54, 1.807) is 12.1 Å². The predicted octanol–water partition coefficient (Wildman–Crippen LogP) is 2.53. The van der Waals surface area contributed by atoms with Crippen LogP contribution < -0.4 is 0 Å². The second-order valence-electron chi connectivity index (χ2n) is 3.93. The first kappa shape index (κ1) is 11.4. The van der Waals surface area contributed by atoms with Gasteiger partial charge in [0.05, 0.1) is 0 Å². The predicted molar refractivity (Wildman–Crippen MR) is 57.1 cm³/mol. The van der Waals surface area contributed by atoms with Gasteiger partial charge in [-0.15, -0.1) is 0 Å². The molecule has 1 atom stereocenters. The summed E-state index contributed by atoms with van der Waals surface area (Å²) in [6.07, 6.45) is 3.05. The monoisotopic (exact) mass is 224 g/mol. The number of Topliss-reactive ketones (excluding diaryl/α,β-unsaturated/α-hetero) is 1. The average molecular weight is 224 g/mol. The molecule has 0 bridgehead atoms. The van der Waals surface area contributed by atoms with Crippen LogP contribution >= 0.6 is 0 Å². The van der Waals surface area contributed by atoms with Crippen molar-refractivity contribution in [2.24, 2.45) is 0 Å². The van der Waals surface area contributed by atoms with Gasteiger partial charge in [0.25, 0.3) is 0 Å². The van der Waals surface area contributed by atoms with Crippen LogP contribution in [0.2, 0.25) is 0 Å². The molecule has 1 unspecified atom stereocenters. The van der Waals surface area contributed by atoms with Gasteiger partial charge in [-0.1, -0.05) is 0 Å². The quantitative estimate of drug-likeness (QED) is 0.737. The van der Waals surface area contributed by atoms with E-state index in [0.717, 1.165) is 25.9 Å². The molecule has 1 saturated heterocycles. The summed E-state index contributed by atoms with van der Waals surface area (Å²) >= 11 is 0. The molecule has 0 amide bonds. The fraction of sp³-hybridized carbons (Fsp3) is 0.583. The van der Waals surface area contributed by atoms with Crippen LogP contribution in [0.25, 0.3) is 0 Å². The van der Waals surface area contributed by atoms with Gasteiger partial charge in [0.1, 0.15) is 12.4 Å². The van der Waals surface area contributed by atoms with Crippen molar-refractivity contribution in [3.8, 4) is 0 Å². The van der Waals surface area contributed by atoms with Gasteiger partial charge in [-0.2, -0.15) is 0 Å². The molecule has 2 heterocycles. The number of ketones is 1. The number of hydrogen-bond donors (Lipinski definition) is 0. The maximum Gasteiger partial charge on any atom is 0.194 e. The summed E-state index contributed by atoms with van der Waals surface area (Å²) in [7, 11) is 0. The van der Waals surface area contributed by atoms with Gasteiger partial charge < -0.3 is 13.9 Å². The van der Waals surface area contributed by atoms with E-state index in [1.807, 2.05) is 0 Å². The summed E-state index contributed by atoms with van der Waals surface area (Å²) in [4.78, 5) is 11.0. The van der Waals surface area contributed by atoms with Crippen molar-refractivity contribution in [1.82, 2.24) is 0 Å². The van der Waals surface area contributed by atoms with E-state index in [-0.39, 0.29) is 12.1 Å². The van der Waals surface area contributed by atoms with Crippen molar-refractivity contribution < 1.29 is 18.7 Å². The van der Waals surface area contributed by atoms with Crippen molar-refractivity contribution in [3.05, 3.63) is 23.7 Å². The maximum absolute atomic E-state index is 11.0. The molecule has 0 N–H and O–H groups in total. The highest BCUT2D eigenvalue weighted by Crippen LogP contribution is 2.16. The van der Waals surface area contributed by atoms with Crippen LogP contribution in [0, 0.1) is 0 Å². The summed E-state index contributed by atoms with van der Waals surface area (Å²) in [6.45, 7) is 2.60. The summed E-state index contributed by atoms with van der Waals surface area (Å²) in [5, 5.41) is 0. The van der Waals surface area contributed by atoms with Crippen molar-refractivity contribution in [3.63, 3.8) is 0 Å². The van der Waals surface area contributed by atoms with Crippen molar-refractivity contribution in [2.45, 2.75) is 39.1 Å². The molecular weight excluding hydrogens is 208 g/mol. The first-order chi connectivity index (χ1) is 7.75. The molecule has 4 heteroatoms. The Bertz CT molecular complexity index is 350. The normalized spacial score (nSPS) is 20.9. The Morgan fingerprint density at radius 3 is 3.00 bits per heavy atom. The third-order valence-corrected chi connectivity index (χ3v) is 2.56.